The number of rotatable bonds is 3. The van der Waals surface area contributed by atoms with E-state index in [1.54, 1.807) is 0 Å². The van der Waals surface area contributed by atoms with Crippen LogP contribution in [0, 0.1) is 0 Å². The van der Waals surface area contributed by atoms with Gasteiger partial charge in [0.2, 0.25) is 0 Å². The first kappa shape index (κ1) is 10.8. The van der Waals surface area contributed by atoms with Gasteiger partial charge in [-0.3, -0.25) is 0 Å². The normalized spacial score (nSPS) is 16.4. The maximum atomic E-state index is 2.43. The molecule has 0 atom stereocenters. The fourth-order valence-electron chi connectivity index (χ4n) is 1.27. The van der Waals surface area contributed by atoms with Crippen molar-refractivity contribution in [2.75, 3.05) is 0 Å². The summed E-state index contributed by atoms with van der Waals surface area (Å²) < 4.78 is 3.18. The summed E-state index contributed by atoms with van der Waals surface area (Å²) >= 11 is 0.0381. The van der Waals surface area contributed by atoms with E-state index in [1.165, 1.54) is 11.1 Å². The topological polar surface area (TPSA) is 0 Å². The van der Waals surface area contributed by atoms with Crippen molar-refractivity contribution in [2.45, 2.75) is 25.0 Å². The molecule has 1 aliphatic rings. The standard InChI is InChI=1S/C7H11.C5H5.Ti/c1-6(2)5-7(3)4;1-2-4-5-3-1;/h1,5H,2-4H3;1-5H;. The van der Waals surface area contributed by atoms with Gasteiger partial charge in [0.05, 0.1) is 0 Å². The summed E-state index contributed by atoms with van der Waals surface area (Å²) in [6.45, 7) is 6.48. The van der Waals surface area contributed by atoms with E-state index in [4.69, 9.17) is 0 Å². The predicted molar refractivity (Wildman–Crippen MR) is 55.2 cm³/mol. The van der Waals surface area contributed by atoms with Crippen LogP contribution in [-0.4, -0.2) is 0 Å². The van der Waals surface area contributed by atoms with Crippen LogP contribution in [0.25, 0.3) is 0 Å². The Morgan fingerprint density at radius 2 is 1.77 bits per heavy atom. The van der Waals surface area contributed by atoms with Gasteiger partial charge in [0.15, 0.2) is 0 Å². The molecule has 0 heterocycles. The Morgan fingerprint density at radius 3 is 2.31 bits per heavy atom. The number of allylic oxidation sites excluding steroid dienone is 7. The van der Waals surface area contributed by atoms with Crippen molar-refractivity contribution < 1.29 is 19.2 Å². The molecule has 0 aromatic carbocycles. The van der Waals surface area contributed by atoms with E-state index in [-0.39, 0.29) is 19.2 Å². The summed E-state index contributed by atoms with van der Waals surface area (Å²) in [5.74, 6) is 0. The molecule has 0 spiro atoms. The van der Waals surface area contributed by atoms with Crippen LogP contribution in [0.3, 0.4) is 0 Å². The first-order valence-electron chi connectivity index (χ1n) is 4.61. The van der Waals surface area contributed by atoms with Crippen molar-refractivity contribution >= 4 is 0 Å². The Bertz CT molecular complexity index is 263. The Balaban J connectivity index is 2.43. The monoisotopic (exact) mass is 208 g/mol. The van der Waals surface area contributed by atoms with E-state index in [1.807, 2.05) is 0 Å². The van der Waals surface area contributed by atoms with Crippen molar-refractivity contribution in [2.24, 2.45) is 0 Å². The third kappa shape index (κ3) is 4.45. The third-order valence-corrected chi connectivity index (χ3v) is 3.94. The average molecular weight is 208 g/mol. The zero-order valence-corrected chi connectivity index (χ0v) is 10.1. The second kappa shape index (κ2) is 5.41. The van der Waals surface area contributed by atoms with E-state index < -0.39 is 0 Å². The Kier molecular flexibility index (Phi) is 4.48. The van der Waals surface area contributed by atoms with Crippen molar-refractivity contribution in [1.29, 1.82) is 0 Å². The zero-order chi connectivity index (χ0) is 9.68. The van der Waals surface area contributed by atoms with E-state index in [9.17, 15) is 0 Å². The minimum absolute atomic E-state index is 0.0381. The first-order chi connectivity index (χ1) is 6.18. The molecule has 0 nitrogen and oxygen atoms in total. The zero-order valence-electron chi connectivity index (χ0n) is 8.54. The molecule has 0 saturated heterocycles. The molecular weight excluding hydrogens is 192 g/mol. The second-order valence-corrected chi connectivity index (χ2v) is 5.58. The molecule has 0 radical (unpaired) electrons. The summed E-state index contributed by atoms with van der Waals surface area (Å²) in [5, 5.41) is 0. The summed E-state index contributed by atoms with van der Waals surface area (Å²) in [7, 11) is 0. The van der Waals surface area contributed by atoms with E-state index in [2.05, 4.69) is 55.5 Å². The molecule has 0 aromatic heterocycles. The van der Waals surface area contributed by atoms with Crippen LogP contribution >= 0.6 is 0 Å². The molecule has 0 saturated carbocycles. The van der Waals surface area contributed by atoms with Gasteiger partial charge in [-0.15, -0.1) is 0 Å². The summed E-state index contributed by atoms with van der Waals surface area (Å²) in [6.07, 6.45) is 11.2. The molecule has 0 bridgehead atoms. The summed E-state index contributed by atoms with van der Waals surface area (Å²) in [4.78, 5) is 0. The predicted octanol–water partition coefficient (Wildman–Crippen LogP) is 3.85. The van der Waals surface area contributed by atoms with Gasteiger partial charge in [0.1, 0.15) is 0 Å². The molecule has 0 amide bonds. The quantitative estimate of drug-likeness (QED) is 0.488. The van der Waals surface area contributed by atoms with Crippen LogP contribution in [0.1, 0.15) is 20.8 Å². The van der Waals surface area contributed by atoms with Gasteiger partial charge in [-0.05, 0) is 0 Å². The summed E-state index contributed by atoms with van der Waals surface area (Å²) in [6, 6.07) is 0. The van der Waals surface area contributed by atoms with Crippen LogP contribution < -0.4 is 0 Å². The Morgan fingerprint density at radius 1 is 1.15 bits per heavy atom. The molecule has 0 unspecified atom stereocenters. The summed E-state index contributed by atoms with van der Waals surface area (Å²) in [5.41, 5.74) is 2.81. The fraction of sp³-hybridized carbons (Fsp3) is 0.333. The maximum absolute atomic E-state index is 2.43. The van der Waals surface area contributed by atoms with Gasteiger partial charge in [-0.25, -0.2) is 0 Å². The van der Waals surface area contributed by atoms with Crippen LogP contribution in [0.15, 0.2) is 45.9 Å². The van der Waals surface area contributed by atoms with Gasteiger partial charge in [-0.1, -0.05) is 0 Å². The molecule has 1 aliphatic carbocycles. The van der Waals surface area contributed by atoms with Gasteiger partial charge in [0.25, 0.3) is 0 Å². The second-order valence-electron chi connectivity index (χ2n) is 3.57. The Labute approximate surface area is 90.0 Å². The molecule has 68 valence electrons. The molecule has 13 heavy (non-hydrogen) atoms. The van der Waals surface area contributed by atoms with Crippen molar-refractivity contribution in [3.63, 3.8) is 0 Å². The van der Waals surface area contributed by atoms with E-state index in [0.717, 1.165) is 4.22 Å². The van der Waals surface area contributed by atoms with Gasteiger partial charge < -0.3 is 0 Å². The first-order valence-corrected chi connectivity index (χ1v) is 6.41. The van der Waals surface area contributed by atoms with Gasteiger partial charge >= 0.3 is 90.1 Å². The van der Waals surface area contributed by atoms with Crippen molar-refractivity contribution in [1.82, 2.24) is 0 Å². The van der Waals surface area contributed by atoms with Crippen LogP contribution in [-0.2, 0) is 19.2 Å². The van der Waals surface area contributed by atoms with E-state index in [0.29, 0.717) is 0 Å². The SMILES string of the molecule is CC(C)=CC(C)=[CH][Ti][CH]1C=CC=C1. The van der Waals surface area contributed by atoms with Crippen LogP contribution in [0.2, 0.25) is 4.22 Å². The van der Waals surface area contributed by atoms with E-state index >= 15 is 0 Å². The molecule has 0 aromatic rings. The number of hydrogen-bond donors (Lipinski definition) is 0. The van der Waals surface area contributed by atoms with Crippen LogP contribution in [0.5, 0.6) is 0 Å². The Hall–Kier alpha value is -0.326. The fourth-order valence-corrected chi connectivity index (χ4v) is 2.80. The molecule has 1 rings (SSSR count). The van der Waals surface area contributed by atoms with Gasteiger partial charge in [0, 0.05) is 0 Å². The minimum atomic E-state index is 0.0381. The van der Waals surface area contributed by atoms with Crippen LogP contribution in [0.4, 0.5) is 0 Å². The molecule has 1 heteroatoms. The third-order valence-electron chi connectivity index (χ3n) is 1.77. The van der Waals surface area contributed by atoms with Crippen molar-refractivity contribution in [3.05, 3.63) is 45.9 Å². The number of hydrogen-bond acceptors (Lipinski definition) is 0. The molecule has 0 aliphatic heterocycles. The molecule has 0 N–H and O–H groups in total. The average Bonchev–Trinajstić information content (AvgIpc) is 2.51. The van der Waals surface area contributed by atoms with Gasteiger partial charge in [-0.2, -0.15) is 0 Å². The molecule has 0 fully saturated rings. The van der Waals surface area contributed by atoms with Crippen molar-refractivity contribution in [3.8, 4) is 0 Å². The molecular formula is C12H16Ti.